The highest BCUT2D eigenvalue weighted by atomic mass is 79.9. The number of rotatable bonds is 6. The first-order chi connectivity index (χ1) is 8.81. The van der Waals surface area contributed by atoms with E-state index in [1.165, 1.54) is 6.07 Å². The Morgan fingerprint density at radius 3 is 2.63 bits per heavy atom. The molecule has 0 heterocycles. The zero-order chi connectivity index (χ0) is 14.5. The van der Waals surface area contributed by atoms with Crippen LogP contribution in [0.15, 0.2) is 22.7 Å². The van der Waals surface area contributed by atoms with Crippen molar-refractivity contribution in [3.8, 4) is 5.75 Å². The summed E-state index contributed by atoms with van der Waals surface area (Å²) in [4.78, 5) is 0. The lowest BCUT2D eigenvalue weighted by Gasteiger charge is -2.14. The molecule has 19 heavy (non-hydrogen) atoms. The van der Waals surface area contributed by atoms with Crippen molar-refractivity contribution in [2.45, 2.75) is 32.3 Å². The first-order valence-corrected chi connectivity index (χ1v) is 6.49. The molecule has 0 saturated carbocycles. The maximum atomic E-state index is 12.1. The SMILES string of the molecule is CC(CCO)NCc1ccc(OC(F)(F)F)c(Br)c1. The molecule has 0 aromatic heterocycles. The fraction of sp³-hybridized carbons (Fsp3) is 0.500. The second-order valence-electron chi connectivity index (χ2n) is 4.11. The summed E-state index contributed by atoms with van der Waals surface area (Å²) in [5.74, 6) is -0.264. The largest absolute Gasteiger partial charge is 0.573 e. The summed E-state index contributed by atoms with van der Waals surface area (Å²) in [5.41, 5.74) is 0.825. The molecular weight excluding hydrogens is 327 g/mol. The molecule has 1 atom stereocenters. The number of benzene rings is 1. The lowest BCUT2D eigenvalue weighted by atomic mass is 10.2. The van der Waals surface area contributed by atoms with Gasteiger partial charge < -0.3 is 15.2 Å². The Bertz CT molecular complexity index is 412. The predicted octanol–water partition coefficient (Wildman–Crippen LogP) is 3.21. The minimum atomic E-state index is -4.70. The molecule has 0 fully saturated rings. The van der Waals surface area contributed by atoms with Crippen LogP contribution in [-0.4, -0.2) is 24.1 Å². The highest BCUT2D eigenvalue weighted by molar-refractivity contribution is 9.10. The normalized spacial score (nSPS) is 13.4. The molecule has 0 aliphatic rings. The molecule has 0 bridgehead atoms. The van der Waals surface area contributed by atoms with E-state index in [9.17, 15) is 13.2 Å². The molecule has 3 nitrogen and oxygen atoms in total. The smallest absolute Gasteiger partial charge is 0.405 e. The number of hydrogen-bond donors (Lipinski definition) is 2. The molecule has 0 radical (unpaired) electrons. The van der Waals surface area contributed by atoms with Crippen molar-refractivity contribution in [3.63, 3.8) is 0 Å². The second-order valence-corrected chi connectivity index (χ2v) is 4.96. The van der Waals surface area contributed by atoms with Gasteiger partial charge in [-0.15, -0.1) is 13.2 Å². The summed E-state index contributed by atoms with van der Waals surface area (Å²) < 4.78 is 40.3. The molecular formula is C12H15BrF3NO2. The molecule has 0 spiro atoms. The monoisotopic (exact) mass is 341 g/mol. The fourth-order valence-electron chi connectivity index (χ4n) is 1.45. The molecule has 0 amide bonds. The summed E-state index contributed by atoms with van der Waals surface area (Å²) in [6.45, 7) is 2.52. The fourth-order valence-corrected chi connectivity index (χ4v) is 1.96. The Morgan fingerprint density at radius 2 is 2.11 bits per heavy atom. The Balaban J connectivity index is 2.61. The van der Waals surface area contributed by atoms with Gasteiger partial charge in [0.05, 0.1) is 4.47 Å². The Labute approximate surface area is 117 Å². The molecule has 0 saturated heterocycles. The third-order valence-corrected chi connectivity index (χ3v) is 3.06. The van der Waals surface area contributed by atoms with E-state index >= 15 is 0 Å². The van der Waals surface area contributed by atoms with Crippen molar-refractivity contribution in [2.75, 3.05) is 6.61 Å². The minimum absolute atomic E-state index is 0.0935. The topological polar surface area (TPSA) is 41.5 Å². The Hall–Kier alpha value is -0.790. The van der Waals surface area contributed by atoms with Crippen LogP contribution in [0.5, 0.6) is 5.75 Å². The van der Waals surface area contributed by atoms with Gasteiger partial charge >= 0.3 is 6.36 Å². The number of ether oxygens (including phenoxy) is 1. The number of hydrogen-bond acceptors (Lipinski definition) is 3. The van der Waals surface area contributed by atoms with Crippen LogP contribution in [0.4, 0.5) is 13.2 Å². The summed E-state index contributed by atoms with van der Waals surface area (Å²) in [6.07, 6.45) is -4.08. The van der Waals surface area contributed by atoms with Gasteiger partial charge in [-0.1, -0.05) is 6.07 Å². The van der Waals surface area contributed by atoms with Gasteiger partial charge in [0.1, 0.15) is 5.75 Å². The van der Waals surface area contributed by atoms with Crippen LogP contribution in [-0.2, 0) is 6.54 Å². The van der Waals surface area contributed by atoms with Gasteiger partial charge in [-0.2, -0.15) is 0 Å². The molecule has 108 valence electrons. The molecule has 7 heteroatoms. The lowest BCUT2D eigenvalue weighted by Crippen LogP contribution is -2.26. The second kappa shape index (κ2) is 7.12. The van der Waals surface area contributed by atoms with Crippen LogP contribution < -0.4 is 10.1 Å². The highest BCUT2D eigenvalue weighted by Gasteiger charge is 2.31. The first-order valence-electron chi connectivity index (χ1n) is 5.70. The quantitative estimate of drug-likeness (QED) is 0.834. The molecule has 1 unspecified atom stereocenters. The number of nitrogens with one attached hydrogen (secondary N) is 1. The van der Waals surface area contributed by atoms with E-state index in [1.54, 1.807) is 12.1 Å². The van der Waals surface area contributed by atoms with Crippen molar-refractivity contribution in [1.82, 2.24) is 5.32 Å². The minimum Gasteiger partial charge on any atom is -0.405 e. The maximum absolute atomic E-state index is 12.1. The van der Waals surface area contributed by atoms with Crippen molar-refractivity contribution in [1.29, 1.82) is 0 Å². The number of halogens is 4. The molecule has 1 rings (SSSR count). The molecule has 1 aromatic carbocycles. The Morgan fingerprint density at radius 1 is 1.42 bits per heavy atom. The van der Waals surface area contributed by atoms with E-state index < -0.39 is 6.36 Å². The predicted molar refractivity (Wildman–Crippen MR) is 68.8 cm³/mol. The molecule has 0 aliphatic carbocycles. The van der Waals surface area contributed by atoms with Gasteiger partial charge in [-0.3, -0.25) is 0 Å². The van der Waals surface area contributed by atoms with Crippen LogP contribution in [0.3, 0.4) is 0 Å². The average molecular weight is 342 g/mol. The van der Waals surface area contributed by atoms with Crippen molar-refractivity contribution >= 4 is 15.9 Å². The van der Waals surface area contributed by atoms with Gasteiger partial charge in [0, 0.05) is 19.2 Å². The Kier molecular flexibility index (Phi) is 6.09. The summed E-state index contributed by atoms with van der Waals surface area (Å²) in [6, 6.07) is 4.53. The molecule has 2 N–H and O–H groups in total. The lowest BCUT2D eigenvalue weighted by molar-refractivity contribution is -0.274. The van der Waals surface area contributed by atoms with E-state index in [0.29, 0.717) is 13.0 Å². The standard InChI is InChI=1S/C12H15BrF3NO2/c1-8(4-5-18)17-7-9-2-3-11(10(13)6-9)19-12(14,15)16/h2-3,6,8,17-18H,4-5,7H2,1H3. The van der Waals surface area contributed by atoms with Crippen LogP contribution in [0, 0.1) is 0 Å². The van der Waals surface area contributed by atoms with Crippen molar-refractivity contribution in [3.05, 3.63) is 28.2 Å². The van der Waals surface area contributed by atoms with Gasteiger partial charge in [-0.25, -0.2) is 0 Å². The summed E-state index contributed by atoms with van der Waals surface area (Å²) in [5, 5.41) is 11.9. The van der Waals surface area contributed by atoms with Crippen LogP contribution in [0.1, 0.15) is 18.9 Å². The van der Waals surface area contributed by atoms with Crippen molar-refractivity contribution < 1.29 is 23.0 Å². The zero-order valence-electron chi connectivity index (χ0n) is 10.3. The number of aliphatic hydroxyl groups excluding tert-OH is 1. The summed E-state index contributed by atoms with van der Waals surface area (Å²) >= 11 is 3.04. The number of alkyl halides is 3. The van der Waals surface area contributed by atoms with Crippen LogP contribution in [0.2, 0.25) is 0 Å². The van der Waals surface area contributed by atoms with Gasteiger partial charge in [-0.05, 0) is 47.0 Å². The van der Waals surface area contributed by atoms with E-state index in [0.717, 1.165) is 5.56 Å². The third kappa shape index (κ3) is 6.26. The zero-order valence-corrected chi connectivity index (χ0v) is 11.9. The van der Waals surface area contributed by atoms with Crippen LogP contribution in [0.25, 0.3) is 0 Å². The van der Waals surface area contributed by atoms with E-state index in [-0.39, 0.29) is 22.9 Å². The first kappa shape index (κ1) is 16.3. The number of aliphatic hydroxyl groups is 1. The maximum Gasteiger partial charge on any atom is 0.573 e. The third-order valence-electron chi connectivity index (χ3n) is 2.44. The van der Waals surface area contributed by atoms with Gasteiger partial charge in [0.15, 0.2) is 0 Å². The van der Waals surface area contributed by atoms with Gasteiger partial charge in [0.25, 0.3) is 0 Å². The average Bonchev–Trinajstić information content (AvgIpc) is 2.28. The van der Waals surface area contributed by atoms with E-state index in [1.807, 2.05) is 6.92 Å². The van der Waals surface area contributed by atoms with E-state index in [4.69, 9.17) is 5.11 Å². The molecule has 1 aromatic rings. The molecule has 0 aliphatic heterocycles. The van der Waals surface area contributed by atoms with Crippen molar-refractivity contribution in [2.24, 2.45) is 0 Å². The highest BCUT2D eigenvalue weighted by Crippen LogP contribution is 2.31. The van der Waals surface area contributed by atoms with Gasteiger partial charge in [0.2, 0.25) is 0 Å². The van der Waals surface area contributed by atoms with Crippen LogP contribution >= 0.6 is 15.9 Å². The van der Waals surface area contributed by atoms with E-state index in [2.05, 4.69) is 26.0 Å². The summed E-state index contributed by atoms with van der Waals surface area (Å²) in [7, 11) is 0.